The van der Waals surface area contributed by atoms with Crippen LogP contribution in [-0.4, -0.2) is 76.1 Å². The molecule has 14 heteroatoms. The molecule has 0 spiro atoms. The van der Waals surface area contributed by atoms with Crippen LogP contribution in [-0.2, 0) is 14.3 Å². The third kappa shape index (κ3) is 6.24. The summed E-state index contributed by atoms with van der Waals surface area (Å²) in [7, 11) is 0. The normalized spacial score (nSPS) is 16.3. The Kier molecular flexibility index (Phi) is 8.01. The van der Waals surface area contributed by atoms with Gasteiger partial charge in [0.15, 0.2) is 5.75 Å². The fraction of sp³-hybridized carbons (Fsp3) is 0.323. The predicted octanol–water partition coefficient (Wildman–Crippen LogP) is 4.33. The molecular formula is C31H28F3N5O6. The van der Waals surface area contributed by atoms with E-state index in [4.69, 9.17) is 9.47 Å². The lowest BCUT2D eigenvalue weighted by Crippen LogP contribution is -2.51. The number of halogens is 3. The average Bonchev–Trinajstić information content (AvgIpc) is 3.84. The molecule has 1 saturated heterocycles. The van der Waals surface area contributed by atoms with Crippen LogP contribution in [0.2, 0.25) is 0 Å². The van der Waals surface area contributed by atoms with Gasteiger partial charge in [-0.3, -0.25) is 24.0 Å². The van der Waals surface area contributed by atoms with Gasteiger partial charge in [0, 0.05) is 31.0 Å². The Bertz CT molecular complexity index is 1830. The van der Waals surface area contributed by atoms with Crippen molar-refractivity contribution in [1.29, 1.82) is 0 Å². The Hall–Kier alpha value is -4.82. The smallest absolute Gasteiger partial charge is 0.462 e. The van der Waals surface area contributed by atoms with Crippen LogP contribution in [0.25, 0.3) is 27.7 Å². The van der Waals surface area contributed by atoms with Gasteiger partial charge in [0.25, 0.3) is 5.56 Å². The number of rotatable bonds is 8. The second-order valence-electron chi connectivity index (χ2n) is 10.6. The summed E-state index contributed by atoms with van der Waals surface area (Å²) in [5.41, 5.74) is 0.506. The van der Waals surface area contributed by atoms with Crippen molar-refractivity contribution in [3.8, 4) is 22.6 Å². The number of morpholine rings is 1. The largest absolute Gasteiger partial charge is 0.573 e. The molecule has 0 unspecified atom stereocenters. The van der Waals surface area contributed by atoms with Crippen LogP contribution >= 0.6 is 0 Å². The first-order chi connectivity index (χ1) is 21.6. The minimum Gasteiger partial charge on any atom is -0.462 e. The maximum atomic E-state index is 13.5. The number of benzene rings is 2. The Morgan fingerprint density at radius 3 is 2.53 bits per heavy atom. The lowest BCUT2D eigenvalue weighted by molar-refractivity contribution is -0.274. The van der Waals surface area contributed by atoms with Crippen molar-refractivity contribution >= 4 is 28.5 Å². The van der Waals surface area contributed by atoms with E-state index in [9.17, 15) is 27.6 Å². The summed E-state index contributed by atoms with van der Waals surface area (Å²) in [6.45, 7) is 3.91. The minimum atomic E-state index is -5.01. The molecule has 3 heterocycles. The SMILES string of the molecule is CCOC(=O)c1cncc(-c2ccc3c(=O)n(-c4ccc(OC(F)(F)F)c(NC(=O)C5(N6CCOCC6)CC5)c4)cnc3c2)c1. The number of anilines is 1. The third-order valence-corrected chi connectivity index (χ3v) is 7.82. The minimum absolute atomic E-state index is 0.172. The van der Waals surface area contributed by atoms with Gasteiger partial charge in [-0.2, -0.15) is 0 Å². The first-order valence-corrected chi connectivity index (χ1v) is 14.3. The van der Waals surface area contributed by atoms with Crippen molar-refractivity contribution < 1.29 is 37.0 Å². The fourth-order valence-electron chi connectivity index (χ4n) is 5.42. The molecule has 45 heavy (non-hydrogen) atoms. The van der Waals surface area contributed by atoms with Gasteiger partial charge in [-0.1, -0.05) is 6.07 Å². The summed E-state index contributed by atoms with van der Waals surface area (Å²) in [6, 6.07) is 10.1. The number of nitrogens with one attached hydrogen (secondary N) is 1. The first-order valence-electron chi connectivity index (χ1n) is 14.3. The van der Waals surface area contributed by atoms with E-state index in [1.54, 1.807) is 37.4 Å². The number of hydrogen-bond donors (Lipinski definition) is 1. The average molecular weight is 624 g/mol. The lowest BCUT2D eigenvalue weighted by Gasteiger charge is -2.34. The van der Waals surface area contributed by atoms with Gasteiger partial charge in [-0.15, -0.1) is 13.2 Å². The molecule has 4 aromatic rings. The highest BCUT2D eigenvalue weighted by molar-refractivity contribution is 6.01. The Morgan fingerprint density at radius 1 is 1.04 bits per heavy atom. The Balaban J connectivity index is 1.32. The zero-order valence-corrected chi connectivity index (χ0v) is 24.1. The van der Waals surface area contributed by atoms with Gasteiger partial charge in [-0.05, 0) is 61.7 Å². The second-order valence-corrected chi connectivity index (χ2v) is 10.6. The van der Waals surface area contributed by atoms with E-state index in [1.807, 2.05) is 4.90 Å². The topological polar surface area (TPSA) is 125 Å². The number of ether oxygens (including phenoxy) is 3. The number of aromatic nitrogens is 3. The van der Waals surface area contributed by atoms with Crippen molar-refractivity contribution in [3.05, 3.63) is 77.1 Å². The number of hydrogen-bond acceptors (Lipinski definition) is 9. The number of fused-ring (bicyclic) bond motifs is 1. The summed E-state index contributed by atoms with van der Waals surface area (Å²) in [6.07, 6.45) is 0.334. The maximum absolute atomic E-state index is 13.5. The van der Waals surface area contributed by atoms with Crippen molar-refractivity contribution in [2.45, 2.75) is 31.7 Å². The third-order valence-electron chi connectivity index (χ3n) is 7.82. The summed E-state index contributed by atoms with van der Waals surface area (Å²) in [5, 5.41) is 2.86. The number of alkyl halides is 3. The van der Waals surface area contributed by atoms with E-state index in [0.29, 0.717) is 55.8 Å². The number of esters is 1. The van der Waals surface area contributed by atoms with Crippen molar-refractivity contribution in [2.24, 2.45) is 0 Å². The molecule has 11 nitrogen and oxygen atoms in total. The standard InChI is InChI=1S/C31H28F3N5O6/c1-2-44-28(41)21-13-20(16-35-17-21)19-3-5-23-24(14-19)36-18-39(27(23)40)22-4-6-26(45-31(32,33)34)25(15-22)37-29(42)30(7-8-30)38-9-11-43-12-10-38/h3-6,13-18H,2,7-12H2,1H3,(H,37,42). The molecule has 1 aliphatic heterocycles. The van der Waals surface area contributed by atoms with E-state index in [-0.39, 0.29) is 28.9 Å². The van der Waals surface area contributed by atoms with Gasteiger partial charge in [0.2, 0.25) is 5.91 Å². The van der Waals surface area contributed by atoms with Crippen LogP contribution in [0.5, 0.6) is 5.75 Å². The van der Waals surface area contributed by atoms with Crippen molar-refractivity contribution in [3.63, 3.8) is 0 Å². The van der Waals surface area contributed by atoms with Gasteiger partial charge in [0.05, 0.1) is 47.7 Å². The highest BCUT2D eigenvalue weighted by Crippen LogP contribution is 2.44. The molecule has 1 saturated carbocycles. The van der Waals surface area contributed by atoms with E-state index < -0.39 is 35.1 Å². The van der Waals surface area contributed by atoms with Gasteiger partial charge < -0.3 is 19.5 Å². The molecule has 1 amide bonds. The molecule has 0 bridgehead atoms. The van der Waals surface area contributed by atoms with Gasteiger partial charge in [-0.25, -0.2) is 9.78 Å². The molecule has 2 fully saturated rings. The van der Waals surface area contributed by atoms with Crippen LogP contribution in [0.1, 0.15) is 30.1 Å². The van der Waals surface area contributed by atoms with E-state index in [0.717, 1.165) is 6.07 Å². The van der Waals surface area contributed by atoms with Gasteiger partial charge in [0.1, 0.15) is 11.9 Å². The molecule has 234 valence electrons. The Labute approximate surface area is 254 Å². The second kappa shape index (κ2) is 11.9. The van der Waals surface area contributed by atoms with E-state index in [1.165, 1.54) is 29.2 Å². The molecule has 2 aromatic heterocycles. The van der Waals surface area contributed by atoms with Crippen LogP contribution < -0.4 is 15.6 Å². The van der Waals surface area contributed by atoms with Crippen LogP contribution in [0, 0.1) is 0 Å². The highest BCUT2D eigenvalue weighted by atomic mass is 19.4. The number of pyridine rings is 1. The number of amides is 1. The Morgan fingerprint density at radius 2 is 1.82 bits per heavy atom. The van der Waals surface area contributed by atoms with Crippen LogP contribution in [0.3, 0.4) is 0 Å². The van der Waals surface area contributed by atoms with E-state index in [2.05, 4.69) is 20.0 Å². The molecule has 0 radical (unpaired) electrons. The zero-order valence-electron chi connectivity index (χ0n) is 24.1. The van der Waals surface area contributed by atoms with E-state index >= 15 is 0 Å². The summed E-state index contributed by atoms with van der Waals surface area (Å²) in [4.78, 5) is 49.6. The van der Waals surface area contributed by atoms with Crippen LogP contribution in [0.4, 0.5) is 18.9 Å². The lowest BCUT2D eigenvalue weighted by atomic mass is 10.0. The fourth-order valence-corrected chi connectivity index (χ4v) is 5.42. The highest BCUT2D eigenvalue weighted by Gasteiger charge is 2.54. The van der Waals surface area contributed by atoms with Gasteiger partial charge >= 0.3 is 12.3 Å². The summed E-state index contributed by atoms with van der Waals surface area (Å²) in [5.74, 6) is -1.57. The monoisotopic (exact) mass is 623 g/mol. The molecule has 2 aliphatic rings. The summed E-state index contributed by atoms with van der Waals surface area (Å²) < 4.78 is 55.6. The molecular weight excluding hydrogens is 595 g/mol. The van der Waals surface area contributed by atoms with Crippen molar-refractivity contribution in [2.75, 3.05) is 38.2 Å². The molecule has 1 N–H and O–H groups in total. The quantitative estimate of drug-likeness (QED) is 0.286. The van der Waals surface area contributed by atoms with Crippen molar-refractivity contribution in [1.82, 2.24) is 19.4 Å². The zero-order chi connectivity index (χ0) is 31.8. The number of nitrogens with zero attached hydrogens (tertiary/aromatic N) is 4. The number of carbonyl (C=O) groups excluding carboxylic acids is 2. The number of carbonyl (C=O) groups is 2. The summed E-state index contributed by atoms with van der Waals surface area (Å²) >= 11 is 0. The molecule has 6 rings (SSSR count). The van der Waals surface area contributed by atoms with Crippen LogP contribution in [0.15, 0.2) is 66.0 Å². The predicted molar refractivity (Wildman–Crippen MR) is 156 cm³/mol. The molecule has 2 aromatic carbocycles. The molecule has 1 aliphatic carbocycles. The molecule has 0 atom stereocenters. The maximum Gasteiger partial charge on any atom is 0.573 e. The first kappa shape index (κ1) is 30.2.